The van der Waals surface area contributed by atoms with Crippen molar-refractivity contribution in [2.45, 2.75) is 57.7 Å². The van der Waals surface area contributed by atoms with Gasteiger partial charge in [0.2, 0.25) is 5.91 Å². The first kappa shape index (κ1) is 25.4. The number of halogens is 2. The van der Waals surface area contributed by atoms with E-state index in [1.54, 1.807) is 30.2 Å². The fraction of sp³-hybridized carbons (Fsp3) is 0.440. The Bertz CT molecular complexity index is 965. The van der Waals surface area contributed by atoms with E-state index in [0.29, 0.717) is 27.4 Å². The van der Waals surface area contributed by atoms with Gasteiger partial charge in [0, 0.05) is 17.6 Å². The van der Waals surface area contributed by atoms with Crippen LogP contribution in [0.25, 0.3) is 0 Å². The van der Waals surface area contributed by atoms with Crippen molar-refractivity contribution in [3.05, 3.63) is 57.5 Å². The molecule has 0 aliphatic heterocycles. The normalized spacial score (nSPS) is 14.5. The minimum Gasteiger partial charge on any atom is -0.497 e. The van der Waals surface area contributed by atoms with E-state index >= 15 is 0 Å². The number of carbonyl (C=O) groups is 2. The molecule has 1 N–H and O–H groups in total. The first-order valence-corrected chi connectivity index (χ1v) is 12.4. The van der Waals surface area contributed by atoms with Crippen LogP contribution in [0.15, 0.2) is 46.9 Å². The standard InChI is InChI=1S/C25H30BrClN2O4/c1-3-22(25(31)28-19-8-4-5-9-19)29(15-17-7-6-10-20(13-17)32-2)24(30)16-33-23-12-11-18(27)14-21(23)26/h6-7,10-14,19,22H,3-5,8-9,15-16H2,1-2H3,(H,28,31)/t22-/m1/s1. The molecule has 0 bridgehead atoms. The first-order valence-electron chi connectivity index (χ1n) is 11.2. The number of carbonyl (C=O) groups excluding carboxylic acids is 2. The van der Waals surface area contributed by atoms with E-state index in [9.17, 15) is 9.59 Å². The van der Waals surface area contributed by atoms with E-state index in [0.717, 1.165) is 31.2 Å². The lowest BCUT2D eigenvalue weighted by molar-refractivity contribution is -0.143. The number of methoxy groups -OCH3 is 1. The SMILES string of the molecule is CC[C@H](C(=O)NC1CCCC1)N(Cc1cccc(OC)c1)C(=O)COc1ccc(Cl)cc1Br. The zero-order chi connectivity index (χ0) is 23.8. The van der Waals surface area contributed by atoms with Crippen LogP contribution in [0.4, 0.5) is 0 Å². The van der Waals surface area contributed by atoms with Gasteiger partial charge in [0.1, 0.15) is 17.5 Å². The predicted octanol–water partition coefficient (Wildman–Crippen LogP) is 5.36. The zero-order valence-electron chi connectivity index (χ0n) is 19.0. The maximum Gasteiger partial charge on any atom is 0.261 e. The molecule has 1 saturated carbocycles. The third kappa shape index (κ3) is 7.11. The van der Waals surface area contributed by atoms with Crippen molar-refractivity contribution in [2.75, 3.05) is 13.7 Å². The van der Waals surface area contributed by atoms with Crippen LogP contribution in [0, 0.1) is 0 Å². The van der Waals surface area contributed by atoms with Gasteiger partial charge in [-0.3, -0.25) is 9.59 Å². The molecule has 178 valence electrons. The van der Waals surface area contributed by atoms with Gasteiger partial charge in [-0.1, -0.05) is 43.5 Å². The van der Waals surface area contributed by atoms with Crippen LogP contribution in [-0.4, -0.2) is 42.5 Å². The molecule has 1 fully saturated rings. The number of ether oxygens (including phenoxy) is 2. The topological polar surface area (TPSA) is 67.9 Å². The second-order valence-corrected chi connectivity index (χ2v) is 9.44. The Kier molecular flexibility index (Phi) is 9.44. The van der Waals surface area contributed by atoms with Crippen LogP contribution in [0.2, 0.25) is 5.02 Å². The summed E-state index contributed by atoms with van der Waals surface area (Å²) in [5, 5.41) is 3.71. The number of nitrogens with zero attached hydrogens (tertiary/aromatic N) is 1. The summed E-state index contributed by atoms with van der Waals surface area (Å²) >= 11 is 9.40. The monoisotopic (exact) mass is 536 g/mol. The number of hydrogen-bond donors (Lipinski definition) is 1. The van der Waals surface area contributed by atoms with Crippen LogP contribution in [0.5, 0.6) is 11.5 Å². The Morgan fingerprint density at radius 1 is 1.21 bits per heavy atom. The molecule has 0 unspecified atom stereocenters. The largest absolute Gasteiger partial charge is 0.497 e. The maximum absolute atomic E-state index is 13.3. The van der Waals surface area contributed by atoms with Gasteiger partial charge >= 0.3 is 0 Å². The summed E-state index contributed by atoms with van der Waals surface area (Å²) in [6.45, 7) is 2.00. The van der Waals surface area contributed by atoms with Gasteiger partial charge in [-0.25, -0.2) is 0 Å². The lowest BCUT2D eigenvalue weighted by Crippen LogP contribution is -2.52. The molecule has 8 heteroatoms. The van der Waals surface area contributed by atoms with E-state index in [1.807, 2.05) is 31.2 Å². The summed E-state index contributed by atoms with van der Waals surface area (Å²) in [5.41, 5.74) is 0.877. The van der Waals surface area contributed by atoms with Crippen molar-refractivity contribution >= 4 is 39.3 Å². The lowest BCUT2D eigenvalue weighted by atomic mass is 10.1. The average molecular weight is 538 g/mol. The second-order valence-electron chi connectivity index (χ2n) is 8.15. The highest BCUT2D eigenvalue weighted by atomic mass is 79.9. The highest BCUT2D eigenvalue weighted by molar-refractivity contribution is 9.10. The van der Waals surface area contributed by atoms with Crippen LogP contribution in [0.1, 0.15) is 44.6 Å². The van der Waals surface area contributed by atoms with E-state index in [-0.39, 0.29) is 31.0 Å². The predicted molar refractivity (Wildman–Crippen MR) is 133 cm³/mol. The number of benzene rings is 2. The molecule has 1 atom stereocenters. The van der Waals surface area contributed by atoms with Gasteiger partial charge in [-0.15, -0.1) is 0 Å². The van der Waals surface area contributed by atoms with E-state index in [4.69, 9.17) is 21.1 Å². The number of nitrogens with one attached hydrogen (secondary N) is 1. The molecule has 1 aliphatic rings. The van der Waals surface area contributed by atoms with Crippen molar-refractivity contribution < 1.29 is 19.1 Å². The summed E-state index contributed by atoms with van der Waals surface area (Å²) in [6.07, 6.45) is 4.72. The maximum atomic E-state index is 13.3. The molecule has 3 rings (SSSR count). The molecule has 33 heavy (non-hydrogen) atoms. The summed E-state index contributed by atoms with van der Waals surface area (Å²) in [6, 6.07) is 12.2. The van der Waals surface area contributed by atoms with Crippen LogP contribution < -0.4 is 14.8 Å². The molecule has 6 nitrogen and oxygen atoms in total. The van der Waals surface area contributed by atoms with Gasteiger partial charge in [-0.2, -0.15) is 0 Å². The third-order valence-electron chi connectivity index (χ3n) is 5.82. The highest BCUT2D eigenvalue weighted by Gasteiger charge is 2.31. The van der Waals surface area contributed by atoms with E-state index in [2.05, 4.69) is 21.2 Å². The third-order valence-corrected chi connectivity index (χ3v) is 6.67. The second kappa shape index (κ2) is 12.3. The van der Waals surface area contributed by atoms with Crippen LogP contribution in [-0.2, 0) is 16.1 Å². The fourth-order valence-corrected chi connectivity index (χ4v) is 4.87. The Balaban J connectivity index is 1.79. The van der Waals surface area contributed by atoms with Crippen LogP contribution in [0.3, 0.4) is 0 Å². The van der Waals surface area contributed by atoms with Crippen molar-refractivity contribution in [2.24, 2.45) is 0 Å². The molecular formula is C25H30BrClN2O4. The number of rotatable bonds is 10. The fourth-order valence-electron chi connectivity index (χ4n) is 4.07. The minimum absolute atomic E-state index is 0.117. The molecule has 0 spiro atoms. The van der Waals surface area contributed by atoms with Crippen molar-refractivity contribution in [1.82, 2.24) is 10.2 Å². The zero-order valence-corrected chi connectivity index (χ0v) is 21.3. The van der Waals surface area contributed by atoms with Crippen molar-refractivity contribution in [1.29, 1.82) is 0 Å². The van der Waals surface area contributed by atoms with Gasteiger partial charge in [0.25, 0.3) is 5.91 Å². The molecule has 2 aromatic rings. The smallest absolute Gasteiger partial charge is 0.261 e. The lowest BCUT2D eigenvalue weighted by Gasteiger charge is -2.31. The molecule has 0 saturated heterocycles. The number of hydrogen-bond acceptors (Lipinski definition) is 4. The molecule has 0 aromatic heterocycles. The molecule has 2 aromatic carbocycles. The summed E-state index contributed by atoms with van der Waals surface area (Å²) in [5.74, 6) is 0.823. The quantitative estimate of drug-likeness (QED) is 0.443. The van der Waals surface area contributed by atoms with Gasteiger partial charge < -0.3 is 19.7 Å². The summed E-state index contributed by atoms with van der Waals surface area (Å²) < 4.78 is 11.8. The molecule has 0 heterocycles. The van der Waals surface area contributed by atoms with Crippen molar-refractivity contribution in [3.8, 4) is 11.5 Å². The van der Waals surface area contributed by atoms with Gasteiger partial charge in [0.15, 0.2) is 6.61 Å². The van der Waals surface area contributed by atoms with E-state index < -0.39 is 6.04 Å². The molecule has 0 radical (unpaired) electrons. The summed E-state index contributed by atoms with van der Waals surface area (Å²) in [4.78, 5) is 28.1. The van der Waals surface area contributed by atoms with Gasteiger partial charge in [0.05, 0.1) is 11.6 Å². The Morgan fingerprint density at radius 3 is 2.64 bits per heavy atom. The number of amides is 2. The molecule has 2 amide bonds. The summed E-state index contributed by atoms with van der Waals surface area (Å²) in [7, 11) is 1.60. The highest BCUT2D eigenvalue weighted by Crippen LogP contribution is 2.28. The Hall–Kier alpha value is -2.25. The average Bonchev–Trinajstić information content (AvgIpc) is 3.31. The van der Waals surface area contributed by atoms with E-state index in [1.165, 1.54) is 0 Å². The minimum atomic E-state index is -0.596. The Morgan fingerprint density at radius 2 is 1.97 bits per heavy atom. The molecule has 1 aliphatic carbocycles. The first-order chi connectivity index (χ1) is 15.9. The van der Waals surface area contributed by atoms with Gasteiger partial charge in [-0.05, 0) is 71.1 Å². The molecular weight excluding hydrogens is 508 g/mol. The van der Waals surface area contributed by atoms with Crippen LogP contribution >= 0.6 is 27.5 Å². The van der Waals surface area contributed by atoms with Crippen molar-refractivity contribution in [3.63, 3.8) is 0 Å². The Labute approximate surface area is 208 Å².